The molecule has 0 saturated carbocycles. The quantitative estimate of drug-likeness (QED) is 0.736. The number of aryl methyl sites for hydroxylation is 1. The van der Waals surface area contributed by atoms with Crippen molar-refractivity contribution in [1.29, 1.82) is 0 Å². The number of hydrogen-bond donors (Lipinski definition) is 2. The Balaban J connectivity index is 2.81. The van der Waals surface area contributed by atoms with Gasteiger partial charge in [-0.3, -0.25) is 9.89 Å². The van der Waals surface area contributed by atoms with Crippen LogP contribution in [-0.4, -0.2) is 35.3 Å². The molecule has 0 aliphatic rings. The Morgan fingerprint density at radius 1 is 1.47 bits per heavy atom. The van der Waals surface area contributed by atoms with Crippen molar-refractivity contribution in [2.45, 2.75) is 26.3 Å². The van der Waals surface area contributed by atoms with E-state index in [9.17, 15) is 4.79 Å². The molecule has 1 heterocycles. The zero-order valence-electron chi connectivity index (χ0n) is 9.71. The van der Waals surface area contributed by atoms with E-state index in [-0.39, 0.29) is 5.56 Å². The van der Waals surface area contributed by atoms with Gasteiger partial charge in [0.1, 0.15) is 5.69 Å². The normalized spacial score (nSPS) is 11.2. The molecule has 0 saturated heterocycles. The van der Waals surface area contributed by atoms with E-state index < -0.39 is 0 Å². The molecule has 15 heavy (non-hydrogen) atoms. The maximum atomic E-state index is 11.7. The average Bonchev–Trinajstić information content (AvgIpc) is 2.44. The van der Waals surface area contributed by atoms with Gasteiger partial charge in [-0.05, 0) is 20.5 Å². The second-order valence-electron chi connectivity index (χ2n) is 4.01. The fourth-order valence-corrected chi connectivity index (χ4v) is 1.45. The zero-order chi connectivity index (χ0) is 11.4. The lowest BCUT2D eigenvalue weighted by molar-refractivity contribution is 0.369. The molecular formula is C10H20N4O. The standard InChI is InChI=1S/C10H20N4O/c1-4-5-8-9(11)10(15)14(12-8)7-6-13(2)3/h12H,4-7,11H2,1-3H3. The second-order valence-corrected chi connectivity index (χ2v) is 4.01. The predicted octanol–water partition coefficient (Wildman–Crippen LogP) is 0.273. The number of likely N-dealkylation sites (N-methyl/N-ethyl adjacent to an activating group) is 1. The van der Waals surface area contributed by atoms with Crippen LogP contribution in [0.4, 0.5) is 5.69 Å². The molecular weight excluding hydrogens is 192 g/mol. The Morgan fingerprint density at radius 2 is 2.13 bits per heavy atom. The first kappa shape index (κ1) is 11.8. The molecule has 0 aromatic carbocycles. The third kappa shape index (κ3) is 2.86. The molecule has 0 spiro atoms. The average molecular weight is 212 g/mol. The number of aromatic amines is 1. The van der Waals surface area contributed by atoms with Gasteiger partial charge in [0.25, 0.3) is 5.56 Å². The SMILES string of the molecule is CCCc1[nH]n(CCN(C)C)c(=O)c1N. The minimum atomic E-state index is -0.0969. The molecule has 86 valence electrons. The number of nitrogens with zero attached hydrogens (tertiary/aromatic N) is 2. The monoisotopic (exact) mass is 212 g/mol. The largest absolute Gasteiger partial charge is 0.393 e. The molecule has 0 aliphatic carbocycles. The summed E-state index contributed by atoms with van der Waals surface area (Å²) >= 11 is 0. The second kappa shape index (κ2) is 5.02. The van der Waals surface area contributed by atoms with Gasteiger partial charge in [-0.15, -0.1) is 0 Å². The van der Waals surface area contributed by atoms with Gasteiger partial charge in [0.05, 0.1) is 12.2 Å². The van der Waals surface area contributed by atoms with Crippen molar-refractivity contribution in [3.05, 3.63) is 16.0 Å². The van der Waals surface area contributed by atoms with Crippen LogP contribution in [0.15, 0.2) is 4.79 Å². The maximum absolute atomic E-state index is 11.7. The number of anilines is 1. The van der Waals surface area contributed by atoms with E-state index >= 15 is 0 Å². The lowest BCUT2D eigenvalue weighted by Crippen LogP contribution is -2.25. The van der Waals surface area contributed by atoms with E-state index in [1.54, 1.807) is 4.68 Å². The van der Waals surface area contributed by atoms with Crippen molar-refractivity contribution >= 4 is 5.69 Å². The highest BCUT2D eigenvalue weighted by atomic mass is 16.1. The molecule has 0 aliphatic heterocycles. The Hall–Kier alpha value is -1.23. The highest BCUT2D eigenvalue weighted by Gasteiger charge is 2.09. The first-order chi connectivity index (χ1) is 7.06. The molecule has 1 rings (SSSR count). The van der Waals surface area contributed by atoms with Crippen LogP contribution in [0, 0.1) is 0 Å². The predicted molar refractivity (Wildman–Crippen MR) is 62.0 cm³/mol. The molecule has 3 N–H and O–H groups in total. The molecule has 0 atom stereocenters. The number of nitrogens with two attached hydrogens (primary N) is 1. The highest BCUT2D eigenvalue weighted by Crippen LogP contribution is 2.05. The van der Waals surface area contributed by atoms with Crippen molar-refractivity contribution in [2.24, 2.45) is 0 Å². The van der Waals surface area contributed by atoms with E-state index in [2.05, 4.69) is 12.0 Å². The van der Waals surface area contributed by atoms with E-state index in [1.165, 1.54) is 0 Å². The zero-order valence-corrected chi connectivity index (χ0v) is 9.71. The van der Waals surface area contributed by atoms with Crippen LogP contribution >= 0.6 is 0 Å². The van der Waals surface area contributed by atoms with Crippen molar-refractivity contribution < 1.29 is 0 Å². The maximum Gasteiger partial charge on any atom is 0.289 e. The fourth-order valence-electron chi connectivity index (χ4n) is 1.45. The minimum Gasteiger partial charge on any atom is -0.393 e. The lowest BCUT2D eigenvalue weighted by atomic mass is 10.2. The third-order valence-electron chi connectivity index (χ3n) is 2.34. The number of rotatable bonds is 5. The number of H-pyrrole nitrogens is 1. The van der Waals surface area contributed by atoms with Gasteiger partial charge in [-0.1, -0.05) is 13.3 Å². The molecule has 0 radical (unpaired) electrons. The van der Waals surface area contributed by atoms with Crippen LogP contribution in [0.5, 0.6) is 0 Å². The summed E-state index contributed by atoms with van der Waals surface area (Å²) in [5.74, 6) is 0. The molecule has 5 heteroatoms. The number of aromatic nitrogens is 2. The van der Waals surface area contributed by atoms with Gasteiger partial charge in [-0.25, -0.2) is 4.68 Å². The molecule has 5 nitrogen and oxygen atoms in total. The third-order valence-corrected chi connectivity index (χ3v) is 2.34. The highest BCUT2D eigenvalue weighted by molar-refractivity contribution is 5.40. The van der Waals surface area contributed by atoms with Gasteiger partial charge in [0.15, 0.2) is 0 Å². The first-order valence-electron chi connectivity index (χ1n) is 5.28. The summed E-state index contributed by atoms with van der Waals surface area (Å²) in [7, 11) is 3.95. The van der Waals surface area contributed by atoms with Gasteiger partial charge in [-0.2, -0.15) is 0 Å². The molecule has 0 amide bonds. The van der Waals surface area contributed by atoms with Crippen LogP contribution in [-0.2, 0) is 13.0 Å². The molecule has 0 unspecified atom stereocenters. The van der Waals surface area contributed by atoms with Crippen molar-refractivity contribution in [2.75, 3.05) is 26.4 Å². The van der Waals surface area contributed by atoms with Gasteiger partial charge >= 0.3 is 0 Å². The van der Waals surface area contributed by atoms with Crippen LogP contribution < -0.4 is 11.3 Å². The van der Waals surface area contributed by atoms with Crippen LogP contribution in [0.25, 0.3) is 0 Å². The topological polar surface area (TPSA) is 67.0 Å². The molecule has 0 bridgehead atoms. The van der Waals surface area contributed by atoms with Crippen LogP contribution in [0.2, 0.25) is 0 Å². The van der Waals surface area contributed by atoms with Crippen molar-refractivity contribution in [1.82, 2.24) is 14.7 Å². The van der Waals surface area contributed by atoms with Crippen molar-refractivity contribution in [3.63, 3.8) is 0 Å². The molecule has 0 fully saturated rings. The summed E-state index contributed by atoms with van der Waals surface area (Å²) in [5.41, 5.74) is 6.85. The Bertz CT molecular complexity index is 364. The molecule has 1 aromatic rings. The summed E-state index contributed by atoms with van der Waals surface area (Å²) in [4.78, 5) is 13.7. The number of hydrogen-bond acceptors (Lipinski definition) is 3. The summed E-state index contributed by atoms with van der Waals surface area (Å²) in [6.45, 7) is 3.54. The fraction of sp³-hybridized carbons (Fsp3) is 0.700. The van der Waals surface area contributed by atoms with E-state index in [0.29, 0.717) is 12.2 Å². The van der Waals surface area contributed by atoms with Crippen LogP contribution in [0.3, 0.4) is 0 Å². The Kier molecular flexibility index (Phi) is 3.96. The smallest absolute Gasteiger partial charge is 0.289 e. The first-order valence-corrected chi connectivity index (χ1v) is 5.28. The Labute approximate surface area is 89.9 Å². The van der Waals surface area contributed by atoms with Crippen LogP contribution in [0.1, 0.15) is 19.0 Å². The van der Waals surface area contributed by atoms with Gasteiger partial charge < -0.3 is 10.6 Å². The van der Waals surface area contributed by atoms with Gasteiger partial charge in [0.2, 0.25) is 0 Å². The van der Waals surface area contributed by atoms with E-state index in [4.69, 9.17) is 5.73 Å². The van der Waals surface area contributed by atoms with E-state index in [0.717, 1.165) is 25.1 Å². The van der Waals surface area contributed by atoms with Gasteiger partial charge in [0, 0.05) is 6.54 Å². The summed E-state index contributed by atoms with van der Waals surface area (Å²) in [6, 6.07) is 0. The number of nitrogen functional groups attached to an aromatic ring is 1. The summed E-state index contributed by atoms with van der Waals surface area (Å²) in [6.07, 6.45) is 1.81. The Morgan fingerprint density at radius 3 is 2.67 bits per heavy atom. The summed E-state index contributed by atoms with van der Waals surface area (Å²) < 4.78 is 1.58. The molecule has 1 aromatic heterocycles. The van der Waals surface area contributed by atoms with Crippen molar-refractivity contribution in [3.8, 4) is 0 Å². The minimum absolute atomic E-state index is 0.0969. The van der Waals surface area contributed by atoms with E-state index in [1.807, 2.05) is 19.0 Å². The summed E-state index contributed by atoms with van der Waals surface area (Å²) in [5, 5.41) is 3.06. The lowest BCUT2D eigenvalue weighted by Gasteiger charge is -2.08. The number of nitrogens with one attached hydrogen (secondary N) is 1.